The van der Waals surface area contributed by atoms with Gasteiger partial charge in [-0.3, -0.25) is 9.47 Å². The third-order valence-corrected chi connectivity index (χ3v) is 4.16. The zero-order valence-corrected chi connectivity index (χ0v) is 12.1. The van der Waals surface area contributed by atoms with Crippen LogP contribution in [-0.2, 0) is 13.0 Å². The van der Waals surface area contributed by atoms with Gasteiger partial charge < -0.3 is 0 Å². The molecule has 3 nitrogen and oxygen atoms in total. The van der Waals surface area contributed by atoms with E-state index in [1.54, 1.807) is 6.07 Å². The fourth-order valence-electron chi connectivity index (χ4n) is 3.10. The number of halogens is 3. The molecule has 2 aromatic rings. The van der Waals surface area contributed by atoms with Gasteiger partial charge in [-0.2, -0.15) is 8.78 Å². The molecular weight excluding hydrogens is 291 g/mol. The molecule has 1 fully saturated rings. The first kappa shape index (κ1) is 15.1. The maximum atomic E-state index is 13.3. The highest BCUT2D eigenvalue weighted by Gasteiger charge is 2.26. The van der Waals surface area contributed by atoms with Crippen molar-refractivity contribution >= 4 is 0 Å². The third kappa shape index (κ3) is 3.32. The minimum absolute atomic E-state index is 0.240. The second-order valence-electron chi connectivity index (χ2n) is 5.63. The van der Waals surface area contributed by atoms with Crippen LogP contribution >= 0.6 is 0 Å². The molecule has 1 aromatic carbocycles. The lowest BCUT2D eigenvalue weighted by Crippen LogP contribution is -2.31. The summed E-state index contributed by atoms with van der Waals surface area (Å²) in [6.45, 7) is -1.31. The number of aromatic nitrogens is 2. The molecule has 0 N–H and O–H groups in total. The van der Waals surface area contributed by atoms with Crippen LogP contribution in [0, 0.1) is 5.82 Å². The average Bonchev–Trinajstić information content (AvgIpc) is 3.09. The Morgan fingerprint density at radius 1 is 1.32 bits per heavy atom. The van der Waals surface area contributed by atoms with Crippen LogP contribution in [0.4, 0.5) is 13.2 Å². The minimum atomic E-state index is -2.57. The molecule has 1 saturated heterocycles. The van der Waals surface area contributed by atoms with Gasteiger partial charge in [0.15, 0.2) is 0 Å². The van der Waals surface area contributed by atoms with E-state index < -0.39 is 6.55 Å². The molecule has 0 spiro atoms. The molecule has 22 heavy (non-hydrogen) atoms. The second-order valence-corrected chi connectivity index (χ2v) is 5.63. The van der Waals surface area contributed by atoms with E-state index in [1.807, 2.05) is 6.07 Å². The van der Waals surface area contributed by atoms with Crippen LogP contribution in [0.5, 0.6) is 0 Å². The molecule has 0 radical (unpaired) electrons. The Kier molecular flexibility index (Phi) is 4.47. The number of imidazole rings is 1. The van der Waals surface area contributed by atoms with Gasteiger partial charge in [0.25, 0.3) is 0 Å². The van der Waals surface area contributed by atoms with Gasteiger partial charge in [-0.1, -0.05) is 12.1 Å². The van der Waals surface area contributed by atoms with Crippen LogP contribution in [0.2, 0.25) is 0 Å². The maximum absolute atomic E-state index is 13.3. The predicted octanol–water partition coefficient (Wildman–Crippen LogP) is 3.62. The molecule has 118 valence electrons. The van der Waals surface area contributed by atoms with Crippen molar-refractivity contribution in [2.24, 2.45) is 0 Å². The summed E-state index contributed by atoms with van der Waals surface area (Å²) >= 11 is 0. The largest absolute Gasteiger partial charge is 0.319 e. The minimum Gasteiger partial charge on any atom is -0.293 e. The van der Waals surface area contributed by atoms with Crippen molar-refractivity contribution in [3.63, 3.8) is 0 Å². The molecule has 0 aliphatic carbocycles. The first-order valence-electron chi connectivity index (χ1n) is 7.42. The van der Waals surface area contributed by atoms with Crippen molar-refractivity contribution in [2.75, 3.05) is 6.54 Å². The third-order valence-electron chi connectivity index (χ3n) is 4.16. The van der Waals surface area contributed by atoms with Crippen molar-refractivity contribution in [1.29, 1.82) is 0 Å². The van der Waals surface area contributed by atoms with E-state index >= 15 is 0 Å². The Balaban J connectivity index is 1.69. The van der Waals surface area contributed by atoms with E-state index in [1.165, 1.54) is 24.5 Å². The lowest BCUT2D eigenvalue weighted by Gasteiger charge is -2.24. The smallest absolute Gasteiger partial charge is 0.293 e. The zero-order chi connectivity index (χ0) is 15.5. The van der Waals surface area contributed by atoms with Crippen LogP contribution < -0.4 is 0 Å². The first-order chi connectivity index (χ1) is 10.6. The van der Waals surface area contributed by atoms with Crippen molar-refractivity contribution in [3.05, 3.63) is 53.9 Å². The number of benzene rings is 1. The molecular formula is C16H18F3N3. The summed E-state index contributed by atoms with van der Waals surface area (Å²) in [5.74, 6) is 0.136. The second kappa shape index (κ2) is 6.52. The van der Waals surface area contributed by atoms with Gasteiger partial charge in [-0.05, 0) is 43.5 Å². The highest BCUT2D eigenvalue weighted by atomic mass is 19.3. The van der Waals surface area contributed by atoms with Gasteiger partial charge in [-0.15, -0.1) is 0 Å². The van der Waals surface area contributed by atoms with Crippen LogP contribution in [-0.4, -0.2) is 27.0 Å². The normalized spacial score (nSPS) is 19.2. The summed E-state index contributed by atoms with van der Waals surface area (Å²) in [4.78, 5) is 6.20. The quantitative estimate of drug-likeness (QED) is 0.841. The Labute approximate surface area is 127 Å². The molecule has 1 aromatic heterocycles. The average molecular weight is 309 g/mol. The molecule has 2 heterocycles. The summed E-state index contributed by atoms with van der Waals surface area (Å²) < 4.78 is 39.9. The van der Waals surface area contributed by atoms with E-state index in [9.17, 15) is 13.2 Å². The van der Waals surface area contributed by atoms with Crippen molar-refractivity contribution in [1.82, 2.24) is 14.5 Å². The van der Waals surface area contributed by atoms with Crippen LogP contribution in [0.1, 0.15) is 30.8 Å². The molecule has 1 unspecified atom stereocenters. The molecule has 0 amide bonds. The highest BCUT2D eigenvalue weighted by Crippen LogP contribution is 2.24. The Morgan fingerprint density at radius 3 is 2.95 bits per heavy atom. The zero-order valence-electron chi connectivity index (χ0n) is 12.1. The van der Waals surface area contributed by atoms with Gasteiger partial charge in [0.2, 0.25) is 0 Å². The summed E-state index contributed by atoms with van der Waals surface area (Å²) in [7, 11) is 0. The van der Waals surface area contributed by atoms with Crippen molar-refractivity contribution < 1.29 is 13.2 Å². The van der Waals surface area contributed by atoms with Gasteiger partial charge in [0, 0.05) is 18.4 Å². The molecule has 1 aliphatic rings. The Hall–Kier alpha value is -1.82. The van der Waals surface area contributed by atoms with Gasteiger partial charge in [0.1, 0.15) is 11.6 Å². The number of likely N-dealkylation sites (tertiary alicyclic amines) is 1. The fraction of sp³-hybridized carbons (Fsp3) is 0.438. The molecule has 1 aliphatic heterocycles. The monoisotopic (exact) mass is 309 g/mol. The van der Waals surface area contributed by atoms with Gasteiger partial charge >= 0.3 is 6.55 Å². The lowest BCUT2D eigenvalue weighted by molar-refractivity contribution is 0.0634. The van der Waals surface area contributed by atoms with E-state index in [0.29, 0.717) is 12.4 Å². The van der Waals surface area contributed by atoms with Crippen LogP contribution in [0.3, 0.4) is 0 Å². The van der Waals surface area contributed by atoms with E-state index in [0.717, 1.165) is 35.9 Å². The molecule has 1 atom stereocenters. The molecule has 3 rings (SSSR count). The molecule has 0 bridgehead atoms. The summed E-state index contributed by atoms with van der Waals surface area (Å²) in [6.07, 6.45) is 5.45. The van der Waals surface area contributed by atoms with Crippen LogP contribution in [0.25, 0.3) is 0 Å². The number of hydrogen-bond acceptors (Lipinski definition) is 2. The van der Waals surface area contributed by atoms with Gasteiger partial charge in [0.05, 0.1) is 6.54 Å². The topological polar surface area (TPSA) is 21.1 Å². The number of hydrogen-bond donors (Lipinski definition) is 0. The predicted molar refractivity (Wildman–Crippen MR) is 77.0 cm³/mol. The standard InChI is InChI=1S/C16H18F3N3/c17-13-4-1-3-12(9-13)10-14-5-2-7-21(14)11-15-20-6-8-22(15)16(18)19/h1,3-4,6,8-9,14,16H,2,5,7,10-11H2. The fourth-order valence-corrected chi connectivity index (χ4v) is 3.10. The summed E-state index contributed by atoms with van der Waals surface area (Å²) in [5.41, 5.74) is 0.939. The number of nitrogens with zero attached hydrogens (tertiary/aromatic N) is 3. The Bertz CT molecular complexity index is 627. The number of alkyl halides is 2. The first-order valence-corrected chi connectivity index (χ1v) is 7.42. The lowest BCUT2D eigenvalue weighted by atomic mass is 10.0. The summed E-state index contributed by atoms with van der Waals surface area (Å²) in [6, 6.07) is 6.81. The highest BCUT2D eigenvalue weighted by molar-refractivity contribution is 5.17. The number of rotatable bonds is 5. The van der Waals surface area contributed by atoms with E-state index in [2.05, 4.69) is 9.88 Å². The van der Waals surface area contributed by atoms with E-state index in [-0.39, 0.29) is 11.9 Å². The Morgan fingerprint density at radius 2 is 2.18 bits per heavy atom. The van der Waals surface area contributed by atoms with Crippen LogP contribution in [0.15, 0.2) is 36.7 Å². The SMILES string of the molecule is Fc1cccc(CC2CCCN2Cc2nccn2C(F)F)c1. The molecule has 6 heteroatoms. The van der Waals surface area contributed by atoms with Crippen molar-refractivity contribution in [3.8, 4) is 0 Å². The maximum Gasteiger partial charge on any atom is 0.319 e. The van der Waals surface area contributed by atoms with Crippen molar-refractivity contribution in [2.45, 2.75) is 38.4 Å². The van der Waals surface area contributed by atoms with Gasteiger partial charge in [-0.25, -0.2) is 9.37 Å². The molecule has 0 saturated carbocycles. The summed E-state index contributed by atoms with van der Waals surface area (Å²) in [5, 5.41) is 0. The van der Waals surface area contributed by atoms with E-state index in [4.69, 9.17) is 0 Å².